The van der Waals surface area contributed by atoms with Crippen molar-refractivity contribution in [2.45, 2.75) is 11.8 Å². The maximum Gasteiger partial charge on any atom is 0.416 e. The molecular formula is C17H13F3N2O. The van der Waals surface area contributed by atoms with Crippen molar-refractivity contribution in [1.82, 2.24) is 9.97 Å². The Balaban J connectivity index is 2.22. The molecule has 0 saturated heterocycles. The van der Waals surface area contributed by atoms with Crippen LogP contribution in [0.25, 0.3) is 0 Å². The molecule has 1 atom stereocenters. The number of aromatic amines is 1. The van der Waals surface area contributed by atoms with Crippen molar-refractivity contribution in [1.29, 1.82) is 0 Å². The van der Waals surface area contributed by atoms with Gasteiger partial charge in [0.1, 0.15) is 5.82 Å². The van der Waals surface area contributed by atoms with Crippen LogP contribution in [0.2, 0.25) is 0 Å². The number of halogens is 3. The van der Waals surface area contributed by atoms with Gasteiger partial charge in [0.25, 0.3) is 0 Å². The van der Waals surface area contributed by atoms with E-state index in [1.54, 1.807) is 30.3 Å². The van der Waals surface area contributed by atoms with Crippen molar-refractivity contribution < 1.29 is 18.3 Å². The van der Waals surface area contributed by atoms with Gasteiger partial charge in [0, 0.05) is 12.4 Å². The highest BCUT2D eigenvalue weighted by Crippen LogP contribution is 2.37. The van der Waals surface area contributed by atoms with Gasteiger partial charge < -0.3 is 10.1 Å². The number of H-pyrrole nitrogens is 1. The molecule has 3 nitrogen and oxygen atoms in total. The summed E-state index contributed by atoms with van der Waals surface area (Å²) in [4.78, 5) is 6.84. The summed E-state index contributed by atoms with van der Waals surface area (Å²) in [6.45, 7) is 0. The van der Waals surface area contributed by atoms with Gasteiger partial charge >= 0.3 is 6.18 Å². The van der Waals surface area contributed by atoms with Crippen molar-refractivity contribution in [3.8, 4) is 0 Å². The normalized spacial score (nSPS) is 14.4. The first-order valence-electron chi connectivity index (χ1n) is 6.88. The van der Waals surface area contributed by atoms with Crippen LogP contribution in [0.3, 0.4) is 0 Å². The molecule has 0 saturated carbocycles. The molecule has 0 aliphatic rings. The molecule has 118 valence electrons. The van der Waals surface area contributed by atoms with Crippen LogP contribution in [0.15, 0.2) is 67.0 Å². The second-order valence-electron chi connectivity index (χ2n) is 5.09. The zero-order valence-electron chi connectivity index (χ0n) is 11.9. The molecule has 0 aliphatic heterocycles. The quantitative estimate of drug-likeness (QED) is 0.773. The van der Waals surface area contributed by atoms with Gasteiger partial charge in [0.15, 0.2) is 5.60 Å². The van der Waals surface area contributed by atoms with Crippen molar-refractivity contribution in [2.24, 2.45) is 0 Å². The van der Waals surface area contributed by atoms with E-state index in [9.17, 15) is 18.3 Å². The Bertz CT molecular complexity index is 785. The van der Waals surface area contributed by atoms with E-state index in [0.717, 1.165) is 12.1 Å². The molecule has 23 heavy (non-hydrogen) atoms. The first kappa shape index (κ1) is 15.3. The summed E-state index contributed by atoms with van der Waals surface area (Å²) in [5.74, 6) is 0.156. The molecule has 0 amide bonds. The number of aromatic nitrogens is 2. The van der Waals surface area contributed by atoms with E-state index in [1.165, 1.54) is 24.5 Å². The van der Waals surface area contributed by atoms with Crippen LogP contribution in [0.4, 0.5) is 13.2 Å². The lowest BCUT2D eigenvalue weighted by atomic mass is 9.85. The van der Waals surface area contributed by atoms with E-state index < -0.39 is 17.3 Å². The number of nitrogens with one attached hydrogen (secondary N) is 1. The third-order valence-electron chi connectivity index (χ3n) is 3.64. The predicted octanol–water partition coefficient (Wildman–Crippen LogP) is 3.71. The molecule has 0 aliphatic carbocycles. The predicted molar refractivity (Wildman–Crippen MR) is 78.6 cm³/mol. The van der Waals surface area contributed by atoms with Crippen molar-refractivity contribution >= 4 is 0 Å². The summed E-state index contributed by atoms with van der Waals surface area (Å²) in [6.07, 6.45) is -1.54. The number of rotatable bonds is 3. The molecule has 2 aromatic carbocycles. The Morgan fingerprint density at radius 2 is 1.52 bits per heavy atom. The summed E-state index contributed by atoms with van der Waals surface area (Å²) in [5.41, 5.74) is -2.11. The second-order valence-corrected chi connectivity index (χ2v) is 5.09. The highest BCUT2D eigenvalue weighted by atomic mass is 19.4. The van der Waals surface area contributed by atoms with Crippen LogP contribution in [-0.4, -0.2) is 15.1 Å². The topological polar surface area (TPSA) is 48.9 Å². The minimum Gasteiger partial charge on any atom is -0.373 e. The monoisotopic (exact) mass is 318 g/mol. The highest BCUT2D eigenvalue weighted by Gasteiger charge is 2.38. The zero-order chi connectivity index (χ0) is 16.5. The first-order valence-corrected chi connectivity index (χ1v) is 6.88. The minimum atomic E-state index is -4.49. The molecule has 1 heterocycles. The Morgan fingerprint density at radius 3 is 2.13 bits per heavy atom. The fraction of sp³-hybridized carbons (Fsp3) is 0.118. The van der Waals surface area contributed by atoms with E-state index in [1.807, 2.05) is 0 Å². The lowest BCUT2D eigenvalue weighted by Crippen LogP contribution is -2.30. The molecule has 2 N–H and O–H groups in total. The Hall–Kier alpha value is -2.60. The molecule has 3 rings (SSSR count). The fourth-order valence-electron chi connectivity index (χ4n) is 2.50. The Kier molecular flexibility index (Phi) is 3.69. The maximum atomic E-state index is 13.0. The SMILES string of the molecule is OC(c1ccccc1)(c1cccc(C(F)(F)F)c1)c1ncc[nH]1. The van der Waals surface area contributed by atoms with Gasteiger partial charge in [-0.3, -0.25) is 0 Å². The number of hydrogen-bond acceptors (Lipinski definition) is 2. The number of benzene rings is 2. The van der Waals surface area contributed by atoms with Crippen molar-refractivity contribution in [2.75, 3.05) is 0 Å². The molecule has 0 spiro atoms. The summed E-state index contributed by atoms with van der Waals surface area (Å²) in [5, 5.41) is 11.2. The summed E-state index contributed by atoms with van der Waals surface area (Å²) < 4.78 is 39.0. The lowest BCUT2D eigenvalue weighted by Gasteiger charge is -2.28. The van der Waals surface area contributed by atoms with Crippen LogP contribution in [-0.2, 0) is 11.8 Å². The Morgan fingerprint density at radius 1 is 0.870 bits per heavy atom. The van der Waals surface area contributed by atoms with Gasteiger partial charge in [-0.15, -0.1) is 0 Å². The Labute approximate surface area is 130 Å². The van der Waals surface area contributed by atoms with Crippen LogP contribution >= 0.6 is 0 Å². The van der Waals surface area contributed by atoms with Gasteiger partial charge in [0.2, 0.25) is 0 Å². The summed E-state index contributed by atoms with van der Waals surface area (Å²) in [6, 6.07) is 13.1. The standard InChI is InChI=1S/C17H13F3N2O/c18-17(19,20)14-8-4-7-13(11-14)16(23,15-21-9-10-22-15)12-5-2-1-3-6-12/h1-11,23H,(H,21,22). The summed E-state index contributed by atoms with van der Waals surface area (Å²) >= 11 is 0. The average molecular weight is 318 g/mol. The van der Waals surface area contributed by atoms with Gasteiger partial charge in [-0.1, -0.05) is 42.5 Å². The van der Waals surface area contributed by atoms with Crippen molar-refractivity contribution in [3.63, 3.8) is 0 Å². The third kappa shape index (κ3) is 2.73. The van der Waals surface area contributed by atoms with Gasteiger partial charge in [-0.25, -0.2) is 4.98 Å². The molecule has 0 radical (unpaired) electrons. The third-order valence-corrected chi connectivity index (χ3v) is 3.64. The lowest BCUT2D eigenvalue weighted by molar-refractivity contribution is -0.137. The average Bonchev–Trinajstić information content (AvgIpc) is 3.09. The zero-order valence-corrected chi connectivity index (χ0v) is 11.9. The fourth-order valence-corrected chi connectivity index (χ4v) is 2.50. The summed E-state index contributed by atoms with van der Waals surface area (Å²) in [7, 11) is 0. The van der Waals surface area contributed by atoms with E-state index in [2.05, 4.69) is 9.97 Å². The maximum absolute atomic E-state index is 13.0. The molecule has 1 aromatic heterocycles. The van der Waals surface area contributed by atoms with E-state index in [-0.39, 0.29) is 11.4 Å². The second kappa shape index (κ2) is 5.55. The van der Waals surface area contributed by atoms with Crippen LogP contribution in [0.1, 0.15) is 22.5 Å². The number of nitrogens with zero attached hydrogens (tertiary/aromatic N) is 1. The number of aliphatic hydroxyl groups is 1. The van der Waals surface area contributed by atoms with Crippen molar-refractivity contribution in [3.05, 3.63) is 89.5 Å². The number of alkyl halides is 3. The largest absolute Gasteiger partial charge is 0.416 e. The molecule has 1 unspecified atom stereocenters. The van der Waals surface area contributed by atoms with Crippen LogP contribution < -0.4 is 0 Å². The minimum absolute atomic E-state index is 0.0912. The van der Waals surface area contributed by atoms with E-state index in [4.69, 9.17) is 0 Å². The van der Waals surface area contributed by atoms with Gasteiger partial charge in [-0.2, -0.15) is 13.2 Å². The molecule has 0 bridgehead atoms. The van der Waals surface area contributed by atoms with Gasteiger partial charge in [-0.05, 0) is 23.3 Å². The number of hydrogen-bond donors (Lipinski definition) is 2. The highest BCUT2D eigenvalue weighted by molar-refractivity contribution is 5.44. The first-order chi connectivity index (χ1) is 10.9. The van der Waals surface area contributed by atoms with Gasteiger partial charge in [0.05, 0.1) is 5.56 Å². The molecular weight excluding hydrogens is 305 g/mol. The number of imidazole rings is 1. The molecule has 3 aromatic rings. The smallest absolute Gasteiger partial charge is 0.373 e. The van der Waals surface area contributed by atoms with Crippen LogP contribution in [0, 0.1) is 0 Å². The van der Waals surface area contributed by atoms with E-state index in [0.29, 0.717) is 5.56 Å². The van der Waals surface area contributed by atoms with Crippen LogP contribution in [0.5, 0.6) is 0 Å². The molecule has 6 heteroatoms. The molecule has 0 fully saturated rings. The van der Waals surface area contributed by atoms with E-state index >= 15 is 0 Å².